The number of aliphatic hydroxyl groups excluding tert-OH is 1. The Morgan fingerprint density at radius 2 is 1.81 bits per heavy atom. The lowest BCUT2D eigenvalue weighted by molar-refractivity contribution is -0.0655. The zero-order valence-electron chi connectivity index (χ0n) is 13.2. The summed E-state index contributed by atoms with van der Waals surface area (Å²) in [6.45, 7) is 4.05. The monoisotopic (exact) mass is 297 g/mol. The molecule has 2 aliphatic heterocycles. The van der Waals surface area contributed by atoms with Crippen LogP contribution < -0.4 is 0 Å². The van der Waals surface area contributed by atoms with Crippen LogP contribution in [0.2, 0.25) is 0 Å². The Morgan fingerprint density at radius 1 is 1.05 bits per heavy atom. The molecule has 3 rings (SSSR count). The maximum absolute atomic E-state index is 10.3. The van der Waals surface area contributed by atoms with Crippen LogP contribution in [0.1, 0.15) is 51.4 Å². The normalized spacial score (nSPS) is 31.0. The third kappa shape index (κ3) is 4.41. The molecule has 0 amide bonds. The molecule has 0 aromatic carbocycles. The molecule has 4 nitrogen and oxygen atoms in total. The molecule has 0 aromatic rings. The highest BCUT2D eigenvalue weighted by molar-refractivity contribution is 4.88. The molecule has 0 radical (unpaired) electrons. The van der Waals surface area contributed by atoms with Gasteiger partial charge in [-0.25, -0.2) is 0 Å². The molecule has 2 unspecified atom stereocenters. The maximum Gasteiger partial charge on any atom is 0.0900 e. The van der Waals surface area contributed by atoms with Gasteiger partial charge in [0, 0.05) is 25.8 Å². The van der Waals surface area contributed by atoms with E-state index in [2.05, 4.69) is 4.90 Å². The second-order valence-electron chi connectivity index (χ2n) is 7.05. The molecule has 2 atom stereocenters. The standard InChI is InChI=1S/C17H31NO3/c19-15(13-21-16-7-10-20-11-8-16)12-18-9-3-6-17(18)14-4-1-2-5-14/h14-17,19H,1-13H2. The van der Waals surface area contributed by atoms with Crippen LogP contribution in [0.25, 0.3) is 0 Å². The van der Waals surface area contributed by atoms with E-state index in [1.165, 1.54) is 38.5 Å². The Bertz CT molecular complexity index is 300. The fraction of sp³-hybridized carbons (Fsp3) is 1.00. The van der Waals surface area contributed by atoms with E-state index in [4.69, 9.17) is 9.47 Å². The van der Waals surface area contributed by atoms with Crippen molar-refractivity contribution in [3.8, 4) is 0 Å². The van der Waals surface area contributed by atoms with Gasteiger partial charge in [0.15, 0.2) is 0 Å². The first-order valence-corrected chi connectivity index (χ1v) is 8.94. The highest BCUT2D eigenvalue weighted by atomic mass is 16.5. The number of likely N-dealkylation sites (tertiary alicyclic amines) is 1. The Labute approximate surface area is 128 Å². The number of hydrogen-bond donors (Lipinski definition) is 1. The smallest absolute Gasteiger partial charge is 0.0900 e. The van der Waals surface area contributed by atoms with E-state index in [-0.39, 0.29) is 12.2 Å². The third-order valence-electron chi connectivity index (χ3n) is 5.50. The van der Waals surface area contributed by atoms with Crippen LogP contribution in [0.5, 0.6) is 0 Å². The van der Waals surface area contributed by atoms with E-state index < -0.39 is 0 Å². The third-order valence-corrected chi connectivity index (χ3v) is 5.50. The lowest BCUT2D eigenvalue weighted by atomic mass is 9.96. The van der Waals surface area contributed by atoms with E-state index in [1.807, 2.05) is 0 Å². The SMILES string of the molecule is OC(COC1CCOCC1)CN1CCCC1C1CCCC1. The number of β-amino-alcohol motifs (C(OH)–C–C–N with tert-alkyl or cyclic N) is 1. The predicted octanol–water partition coefficient (Wildman–Crippen LogP) is 2.20. The Balaban J connectivity index is 1.39. The molecule has 0 aromatic heterocycles. The van der Waals surface area contributed by atoms with Crippen molar-refractivity contribution in [1.82, 2.24) is 4.90 Å². The topological polar surface area (TPSA) is 41.9 Å². The van der Waals surface area contributed by atoms with Crippen molar-refractivity contribution < 1.29 is 14.6 Å². The van der Waals surface area contributed by atoms with E-state index in [9.17, 15) is 5.11 Å². The van der Waals surface area contributed by atoms with Crippen molar-refractivity contribution in [2.24, 2.45) is 5.92 Å². The summed E-state index contributed by atoms with van der Waals surface area (Å²) in [4.78, 5) is 2.54. The van der Waals surface area contributed by atoms with E-state index in [0.29, 0.717) is 6.61 Å². The molecule has 0 spiro atoms. The zero-order chi connectivity index (χ0) is 14.5. The van der Waals surface area contributed by atoms with Crippen LogP contribution in [-0.4, -0.2) is 61.2 Å². The molecule has 122 valence electrons. The fourth-order valence-electron chi connectivity index (χ4n) is 4.37. The summed E-state index contributed by atoms with van der Waals surface area (Å²) >= 11 is 0. The number of rotatable bonds is 6. The van der Waals surface area contributed by atoms with Crippen LogP contribution in [-0.2, 0) is 9.47 Å². The van der Waals surface area contributed by atoms with Crippen molar-refractivity contribution in [2.45, 2.75) is 69.6 Å². The maximum atomic E-state index is 10.3. The van der Waals surface area contributed by atoms with Gasteiger partial charge in [-0.3, -0.25) is 4.90 Å². The van der Waals surface area contributed by atoms with Gasteiger partial charge < -0.3 is 14.6 Å². The van der Waals surface area contributed by atoms with Crippen LogP contribution >= 0.6 is 0 Å². The van der Waals surface area contributed by atoms with Crippen molar-refractivity contribution in [3.05, 3.63) is 0 Å². The average Bonchev–Trinajstić information content (AvgIpc) is 3.17. The summed E-state index contributed by atoms with van der Waals surface area (Å²) in [7, 11) is 0. The van der Waals surface area contributed by atoms with Gasteiger partial charge in [-0.1, -0.05) is 12.8 Å². The largest absolute Gasteiger partial charge is 0.389 e. The van der Waals surface area contributed by atoms with Crippen LogP contribution in [0.3, 0.4) is 0 Å². The molecule has 2 heterocycles. The molecular weight excluding hydrogens is 266 g/mol. The second kappa shape index (κ2) is 7.91. The Morgan fingerprint density at radius 3 is 2.57 bits per heavy atom. The number of nitrogens with zero attached hydrogens (tertiary/aromatic N) is 1. The van der Waals surface area contributed by atoms with Gasteiger partial charge >= 0.3 is 0 Å². The summed E-state index contributed by atoms with van der Waals surface area (Å²) in [5.41, 5.74) is 0. The van der Waals surface area contributed by atoms with Crippen molar-refractivity contribution in [3.63, 3.8) is 0 Å². The fourth-order valence-corrected chi connectivity index (χ4v) is 4.37. The minimum absolute atomic E-state index is 0.289. The molecule has 3 aliphatic rings. The van der Waals surface area contributed by atoms with Gasteiger partial charge in [-0.2, -0.15) is 0 Å². The first-order valence-electron chi connectivity index (χ1n) is 8.94. The van der Waals surface area contributed by atoms with Crippen LogP contribution in [0.4, 0.5) is 0 Å². The molecular formula is C17H31NO3. The molecule has 21 heavy (non-hydrogen) atoms. The lowest BCUT2D eigenvalue weighted by Gasteiger charge is -2.31. The summed E-state index contributed by atoms with van der Waals surface area (Å²) in [5, 5.41) is 10.3. The Hall–Kier alpha value is -0.160. The van der Waals surface area contributed by atoms with Crippen molar-refractivity contribution >= 4 is 0 Å². The molecule has 0 bridgehead atoms. The van der Waals surface area contributed by atoms with E-state index in [1.54, 1.807) is 0 Å². The van der Waals surface area contributed by atoms with Crippen molar-refractivity contribution in [1.29, 1.82) is 0 Å². The Kier molecular flexibility index (Phi) is 5.92. The van der Waals surface area contributed by atoms with Gasteiger partial charge in [0.05, 0.1) is 18.8 Å². The number of hydrogen-bond acceptors (Lipinski definition) is 4. The first-order chi connectivity index (χ1) is 10.3. The number of ether oxygens (including phenoxy) is 2. The van der Waals surface area contributed by atoms with Gasteiger partial charge in [0.2, 0.25) is 0 Å². The van der Waals surface area contributed by atoms with E-state index >= 15 is 0 Å². The summed E-state index contributed by atoms with van der Waals surface area (Å²) < 4.78 is 11.2. The number of aliphatic hydroxyl groups is 1. The average molecular weight is 297 g/mol. The molecule has 4 heteroatoms. The van der Waals surface area contributed by atoms with E-state index in [0.717, 1.165) is 51.1 Å². The summed E-state index contributed by atoms with van der Waals surface area (Å²) in [5.74, 6) is 0.885. The van der Waals surface area contributed by atoms with Gasteiger partial charge in [0.25, 0.3) is 0 Å². The first kappa shape index (κ1) is 15.7. The molecule has 2 saturated heterocycles. The minimum atomic E-state index is -0.338. The molecule has 1 saturated carbocycles. The van der Waals surface area contributed by atoms with Crippen LogP contribution in [0.15, 0.2) is 0 Å². The molecule has 3 fully saturated rings. The summed E-state index contributed by atoms with van der Waals surface area (Å²) in [6.07, 6.45) is 10.1. The molecule has 1 aliphatic carbocycles. The second-order valence-corrected chi connectivity index (χ2v) is 7.05. The highest BCUT2D eigenvalue weighted by Crippen LogP contribution is 2.35. The quantitative estimate of drug-likeness (QED) is 0.816. The zero-order valence-corrected chi connectivity index (χ0v) is 13.2. The lowest BCUT2D eigenvalue weighted by Crippen LogP contribution is -2.41. The minimum Gasteiger partial charge on any atom is -0.389 e. The highest BCUT2D eigenvalue weighted by Gasteiger charge is 2.34. The van der Waals surface area contributed by atoms with Gasteiger partial charge in [-0.15, -0.1) is 0 Å². The van der Waals surface area contributed by atoms with Gasteiger partial charge in [-0.05, 0) is 51.0 Å². The van der Waals surface area contributed by atoms with Crippen LogP contribution in [0, 0.1) is 5.92 Å². The molecule has 1 N–H and O–H groups in total. The summed E-state index contributed by atoms with van der Waals surface area (Å²) in [6, 6.07) is 0.727. The van der Waals surface area contributed by atoms with Crippen molar-refractivity contribution in [2.75, 3.05) is 32.9 Å². The van der Waals surface area contributed by atoms with Gasteiger partial charge in [0.1, 0.15) is 0 Å². The predicted molar refractivity (Wildman–Crippen MR) is 82.4 cm³/mol.